The Kier molecular flexibility index (Phi) is 6.37. The first-order chi connectivity index (χ1) is 15.1. The molecule has 2 aromatic heterocycles. The van der Waals surface area contributed by atoms with Crippen molar-refractivity contribution in [2.45, 2.75) is 25.3 Å². The maximum Gasteiger partial charge on any atom is 0.321 e. The van der Waals surface area contributed by atoms with E-state index in [-0.39, 0.29) is 24.8 Å². The predicted octanol–water partition coefficient (Wildman–Crippen LogP) is 2.67. The van der Waals surface area contributed by atoms with E-state index in [1.165, 1.54) is 18.4 Å². The average Bonchev–Trinajstić information content (AvgIpc) is 3.45. The SMILES string of the molecule is O=C(CN1CCCC(c2nc(-c3cccc(F)c3)no2)C1)NC(=O)NCc1ccco1. The van der Waals surface area contributed by atoms with Crippen LogP contribution in [0.5, 0.6) is 0 Å². The highest BCUT2D eigenvalue weighted by atomic mass is 19.1. The Morgan fingerprint density at radius 2 is 2.16 bits per heavy atom. The molecular weight excluding hydrogens is 405 g/mol. The number of carbonyl (C=O) groups excluding carboxylic acids is 2. The maximum absolute atomic E-state index is 13.4. The highest BCUT2D eigenvalue weighted by Gasteiger charge is 2.27. The zero-order valence-electron chi connectivity index (χ0n) is 16.7. The largest absolute Gasteiger partial charge is 0.467 e. The lowest BCUT2D eigenvalue weighted by molar-refractivity contribution is -0.121. The van der Waals surface area contributed by atoms with Crippen molar-refractivity contribution in [1.82, 2.24) is 25.7 Å². The number of benzene rings is 1. The number of likely N-dealkylation sites (tertiary alicyclic amines) is 1. The zero-order chi connectivity index (χ0) is 21.6. The average molecular weight is 427 g/mol. The number of urea groups is 1. The third-order valence-corrected chi connectivity index (χ3v) is 5.00. The van der Waals surface area contributed by atoms with Crippen molar-refractivity contribution in [3.8, 4) is 11.4 Å². The quantitative estimate of drug-likeness (QED) is 0.622. The molecule has 3 heterocycles. The van der Waals surface area contributed by atoms with E-state index in [4.69, 9.17) is 8.94 Å². The summed E-state index contributed by atoms with van der Waals surface area (Å²) in [6.07, 6.45) is 3.20. The molecule has 0 bridgehead atoms. The van der Waals surface area contributed by atoms with Crippen LogP contribution in [0.25, 0.3) is 11.4 Å². The summed E-state index contributed by atoms with van der Waals surface area (Å²) in [6.45, 7) is 1.55. The summed E-state index contributed by atoms with van der Waals surface area (Å²) in [4.78, 5) is 30.4. The molecular formula is C21H22FN5O4. The number of halogens is 1. The molecule has 0 spiro atoms. The van der Waals surface area contributed by atoms with Gasteiger partial charge in [-0.05, 0) is 43.7 Å². The number of aromatic nitrogens is 2. The lowest BCUT2D eigenvalue weighted by Crippen LogP contribution is -2.46. The number of rotatable bonds is 6. The van der Waals surface area contributed by atoms with Crippen LogP contribution in [0.4, 0.5) is 9.18 Å². The fourth-order valence-corrected chi connectivity index (χ4v) is 3.54. The van der Waals surface area contributed by atoms with Crippen LogP contribution >= 0.6 is 0 Å². The standard InChI is InChI=1S/C21H22FN5O4/c22-16-6-1-4-14(10-16)19-25-20(31-26-19)15-5-2-8-27(12-15)13-18(28)24-21(29)23-11-17-7-3-9-30-17/h1,3-4,6-7,9-10,15H,2,5,8,11-13H2,(H2,23,24,28,29). The Morgan fingerprint density at radius 1 is 1.26 bits per heavy atom. The molecule has 1 unspecified atom stereocenters. The van der Waals surface area contributed by atoms with E-state index in [9.17, 15) is 14.0 Å². The first-order valence-corrected chi connectivity index (χ1v) is 9.99. The molecule has 0 aliphatic carbocycles. The van der Waals surface area contributed by atoms with Crippen LogP contribution in [0.2, 0.25) is 0 Å². The fraction of sp³-hybridized carbons (Fsp3) is 0.333. The molecule has 1 fully saturated rings. The Balaban J connectivity index is 1.28. The Hall–Kier alpha value is -3.53. The third kappa shape index (κ3) is 5.54. The van der Waals surface area contributed by atoms with Gasteiger partial charge in [-0.1, -0.05) is 17.3 Å². The summed E-state index contributed by atoms with van der Waals surface area (Å²) in [6, 6.07) is 8.88. The predicted molar refractivity (Wildman–Crippen MR) is 107 cm³/mol. The van der Waals surface area contributed by atoms with E-state index < -0.39 is 11.9 Å². The second kappa shape index (κ2) is 9.52. The van der Waals surface area contributed by atoms with Crippen molar-refractivity contribution >= 4 is 11.9 Å². The minimum atomic E-state index is -0.577. The topological polar surface area (TPSA) is 114 Å². The molecule has 2 N–H and O–H groups in total. The van der Waals surface area contributed by atoms with Crippen molar-refractivity contribution in [3.05, 3.63) is 60.1 Å². The zero-order valence-corrected chi connectivity index (χ0v) is 16.7. The van der Waals surface area contributed by atoms with E-state index in [1.807, 2.05) is 4.90 Å². The van der Waals surface area contributed by atoms with Crippen molar-refractivity contribution in [2.24, 2.45) is 0 Å². The summed E-state index contributed by atoms with van der Waals surface area (Å²) >= 11 is 0. The van der Waals surface area contributed by atoms with Crippen molar-refractivity contribution in [1.29, 1.82) is 0 Å². The Bertz CT molecular complexity index is 1040. The molecule has 10 heteroatoms. The van der Waals surface area contributed by atoms with Gasteiger partial charge in [0, 0.05) is 12.1 Å². The van der Waals surface area contributed by atoms with Gasteiger partial charge in [0.05, 0.1) is 25.3 Å². The number of nitrogens with one attached hydrogen (secondary N) is 2. The van der Waals surface area contributed by atoms with Gasteiger partial charge >= 0.3 is 6.03 Å². The van der Waals surface area contributed by atoms with Crippen molar-refractivity contribution in [2.75, 3.05) is 19.6 Å². The second-order valence-electron chi connectivity index (χ2n) is 7.35. The van der Waals surface area contributed by atoms with Crippen molar-refractivity contribution in [3.63, 3.8) is 0 Å². The molecule has 0 radical (unpaired) electrons. The molecule has 9 nitrogen and oxygen atoms in total. The number of nitrogens with zero attached hydrogens (tertiary/aromatic N) is 3. The Labute approximate surface area is 177 Å². The molecule has 1 atom stereocenters. The summed E-state index contributed by atoms with van der Waals surface area (Å²) < 4.78 is 24.0. The molecule has 162 valence electrons. The number of piperidine rings is 1. The van der Waals surface area contributed by atoms with E-state index >= 15 is 0 Å². The molecule has 4 rings (SSSR count). The smallest absolute Gasteiger partial charge is 0.321 e. The highest BCUT2D eigenvalue weighted by molar-refractivity contribution is 5.95. The van der Waals surface area contributed by atoms with Crippen LogP contribution in [0.1, 0.15) is 30.4 Å². The second-order valence-corrected chi connectivity index (χ2v) is 7.35. The minimum absolute atomic E-state index is 0.0378. The number of carbonyl (C=O) groups is 2. The summed E-state index contributed by atoms with van der Waals surface area (Å²) in [5, 5.41) is 8.84. The van der Waals surface area contributed by atoms with Gasteiger partial charge in [-0.25, -0.2) is 9.18 Å². The number of imide groups is 1. The van der Waals surface area contributed by atoms with Crippen LogP contribution < -0.4 is 10.6 Å². The van der Waals surface area contributed by atoms with E-state index in [0.717, 1.165) is 19.4 Å². The molecule has 1 aliphatic heterocycles. The minimum Gasteiger partial charge on any atom is -0.467 e. The lowest BCUT2D eigenvalue weighted by Gasteiger charge is -2.30. The first kappa shape index (κ1) is 20.7. The number of amides is 3. The molecule has 1 aromatic carbocycles. The van der Waals surface area contributed by atoms with Gasteiger partial charge in [0.1, 0.15) is 11.6 Å². The molecule has 1 aliphatic rings. The maximum atomic E-state index is 13.4. The fourth-order valence-electron chi connectivity index (χ4n) is 3.54. The molecule has 3 amide bonds. The van der Waals surface area contributed by atoms with E-state index in [0.29, 0.717) is 29.6 Å². The van der Waals surface area contributed by atoms with Gasteiger partial charge in [0.25, 0.3) is 0 Å². The van der Waals surface area contributed by atoms with Gasteiger partial charge in [-0.2, -0.15) is 4.98 Å². The molecule has 31 heavy (non-hydrogen) atoms. The van der Waals surface area contributed by atoms with Gasteiger partial charge in [0.2, 0.25) is 17.6 Å². The number of hydrogen-bond acceptors (Lipinski definition) is 7. The Morgan fingerprint density at radius 3 is 2.97 bits per heavy atom. The van der Waals surface area contributed by atoms with Crippen LogP contribution in [0, 0.1) is 5.82 Å². The monoisotopic (exact) mass is 427 g/mol. The number of furan rings is 1. The highest BCUT2D eigenvalue weighted by Crippen LogP contribution is 2.27. The van der Waals surface area contributed by atoms with Gasteiger partial charge in [-0.3, -0.25) is 15.0 Å². The third-order valence-electron chi connectivity index (χ3n) is 5.00. The molecule has 1 saturated heterocycles. The summed E-state index contributed by atoms with van der Waals surface area (Å²) in [7, 11) is 0. The normalized spacial score (nSPS) is 16.7. The van der Waals surface area contributed by atoms with Crippen LogP contribution in [-0.4, -0.2) is 46.6 Å². The van der Waals surface area contributed by atoms with E-state index in [2.05, 4.69) is 20.8 Å². The first-order valence-electron chi connectivity index (χ1n) is 9.99. The van der Waals surface area contributed by atoms with Gasteiger partial charge in [0.15, 0.2) is 0 Å². The lowest BCUT2D eigenvalue weighted by atomic mass is 9.98. The van der Waals surface area contributed by atoms with Gasteiger partial charge < -0.3 is 14.3 Å². The van der Waals surface area contributed by atoms with Gasteiger partial charge in [-0.15, -0.1) is 0 Å². The van der Waals surface area contributed by atoms with Crippen LogP contribution in [-0.2, 0) is 11.3 Å². The number of hydrogen-bond donors (Lipinski definition) is 2. The summed E-state index contributed by atoms with van der Waals surface area (Å²) in [5.74, 6) is 0.580. The molecule has 0 saturated carbocycles. The molecule has 3 aromatic rings. The summed E-state index contributed by atoms with van der Waals surface area (Å²) in [5.41, 5.74) is 0.544. The van der Waals surface area contributed by atoms with E-state index in [1.54, 1.807) is 24.3 Å². The van der Waals surface area contributed by atoms with Crippen molar-refractivity contribution < 1.29 is 22.9 Å². The van der Waals surface area contributed by atoms with Crippen LogP contribution in [0.3, 0.4) is 0 Å². The van der Waals surface area contributed by atoms with Crippen LogP contribution in [0.15, 0.2) is 51.6 Å².